The molecule has 0 aliphatic heterocycles. The number of hydrogen-bond donors (Lipinski definition) is 1. The molecule has 1 aromatic heterocycles. The second-order valence-electron chi connectivity index (χ2n) is 4.95. The van der Waals surface area contributed by atoms with Gasteiger partial charge in [-0.2, -0.15) is 4.98 Å². The molecule has 0 unspecified atom stereocenters. The fourth-order valence-electron chi connectivity index (χ4n) is 2.49. The van der Waals surface area contributed by atoms with Crippen LogP contribution < -0.4 is 5.73 Å². The van der Waals surface area contributed by atoms with Crippen molar-refractivity contribution in [1.82, 2.24) is 10.1 Å². The fraction of sp³-hybridized carbons (Fsp3) is 0.818. The molecule has 2 fully saturated rings. The quantitative estimate of drug-likeness (QED) is 0.867. The molecule has 2 aliphatic carbocycles. The lowest BCUT2D eigenvalue weighted by molar-refractivity contribution is 0.287. The van der Waals surface area contributed by atoms with Gasteiger partial charge in [0.1, 0.15) is 0 Å². The van der Waals surface area contributed by atoms with E-state index in [9.17, 15) is 0 Å². The summed E-state index contributed by atoms with van der Waals surface area (Å²) >= 11 is 0. The van der Waals surface area contributed by atoms with E-state index in [1.165, 1.54) is 32.1 Å². The summed E-state index contributed by atoms with van der Waals surface area (Å²) in [5, 5.41) is 4.06. The van der Waals surface area contributed by atoms with Gasteiger partial charge in [-0.15, -0.1) is 12.4 Å². The fourth-order valence-corrected chi connectivity index (χ4v) is 2.49. The third kappa shape index (κ3) is 1.84. The summed E-state index contributed by atoms with van der Waals surface area (Å²) < 4.78 is 5.31. The van der Waals surface area contributed by atoms with Crippen LogP contribution in [0.25, 0.3) is 0 Å². The van der Waals surface area contributed by atoms with E-state index in [1.54, 1.807) is 0 Å². The highest BCUT2D eigenvalue weighted by Gasteiger charge is 2.37. The minimum absolute atomic E-state index is 0. The molecule has 2 aliphatic rings. The third-order valence-corrected chi connectivity index (χ3v) is 3.84. The Bertz CT molecular complexity index is 356. The number of rotatable bonds is 2. The highest BCUT2D eigenvalue weighted by Crippen LogP contribution is 2.38. The summed E-state index contributed by atoms with van der Waals surface area (Å²) in [6, 6.07) is 0. The largest absolute Gasteiger partial charge is 0.339 e. The maximum absolute atomic E-state index is 6.27. The van der Waals surface area contributed by atoms with Gasteiger partial charge in [0.05, 0.1) is 5.54 Å². The first-order valence-electron chi connectivity index (χ1n) is 5.91. The topological polar surface area (TPSA) is 64.9 Å². The van der Waals surface area contributed by atoms with Gasteiger partial charge in [-0.1, -0.05) is 24.4 Å². The predicted octanol–water partition coefficient (Wildman–Crippen LogP) is 2.49. The predicted molar refractivity (Wildman–Crippen MR) is 62.5 cm³/mol. The molecule has 16 heavy (non-hydrogen) atoms. The first-order chi connectivity index (χ1) is 7.28. The summed E-state index contributed by atoms with van der Waals surface area (Å²) in [5.74, 6) is 2.06. The number of nitrogens with zero attached hydrogens (tertiary/aromatic N) is 2. The van der Waals surface area contributed by atoms with Gasteiger partial charge in [0, 0.05) is 5.92 Å². The van der Waals surface area contributed by atoms with E-state index in [1.807, 2.05) is 0 Å². The number of aromatic nitrogens is 2. The zero-order chi connectivity index (χ0) is 10.3. The standard InChI is InChI=1S/C11H17N3O.ClH/c12-11(6-1-2-7-11)10-13-9(15-14-10)8-4-3-5-8;/h8H,1-7,12H2;1H. The molecule has 2 N–H and O–H groups in total. The van der Waals surface area contributed by atoms with Crippen molar-refractivity contribution in [3.05, 3.63) is 11.7 Å². The lowest BCUT2D eigenvalue weighted by Gasteiger charge is -2.21. The van der Waals surface area contributed by atoms with Crippen molar-refractivity contribution in [2.75, 3.05) is 0 Å². The van der Waals surface area contributed by atoms with Gasteiger partial charge in [-0.25, -0.2) is 0 Å². The van der Waals surface area contributed by atoms with E-state index >= 15 is 0 Å². The Kier molecular flexibility index (Phi) is 3.22. The average molecular weight is 244 g/mol. The van der Waals surface area contributed by atoms with Crippen molar-refractivity contribution in [2.24, 2.45) is 5.73 Å². The van der Waals surface area contributed by atoms with Gasteiger partial charge >= 0.3 is 0 Å². The maximum atomic E-state index is 6.27. The third-order valence-electron chi connectivity index (χ3n) is 3.84. The Hall–Kier alpha value is -0.610. The molecule has 4 nitrogen and oxygen atoms in total. The highest BCUT2D eigenvalue weighted by molar-refractivity contribution is 5.85. The molecule has 1 heterocycles. The summed E-state index contributed by atoms with van der Waals surface area (Å²) in [7, 11) is 0. The molecule has 0 aromatic carbocycles. The Labute approximate surface area is 101 Å². The Morgan fingerprint density at radius 3 is 2.44 bits per heavy atom. The SMILES string of the molecule is Cl.NC1(c2noc(C3CCC3)n2)CCCC1. The molecule has 5 heteroatoms. The normalized spacial score (nSPS) is 23.8. The lowest BCUT2D eigenvalue weighted by atomic mass is 9.85. The summed E-state index contributed by atoms with van der Waals surface area (Å²) in [5.41, 5.74) is 5.97. The van der Waals surface area contributed by atoms with Gasteiger partial charge < -0.3 is 10.3 Å². The van der Waals surface area contributed by atoms with Gasteiger partial charge in [-0.3, -0.25) is 0 Å². The molecule has 3 rings (SSSR count). The first-order valence-corrected chi connectivity index (χ1v) is 5.91. The Balaban J connectivity index is 0.000000963. The molecule has 0 radical (unpaired) electrons. The number of halogens is 1. The van der Waals surface area contributed by atoms with Crippen molar-refractivity contribution in [3.63, 3.8) is 0 Å². The van der Waals surface area contributed by atoms with Crippen LogP contribution in [0.1, 0.15) is 62.6 Å². The number of nitrogens with two attached hydrogens (primary N) is 1. The lowest BCUT2D eigenvalue weighted by Crippen LogP contribution is -2.34. The average Bonchev–Trinajstić information content (AvgIpc) is 2.71. The van der Waals surface area contributed by atoms with Gasteiger partial charge in [-0.05, 0) is 25.7 Å². The zero-order valence-corrected chi connectivity index (χ0v) is 10.1. The molecular formula is C11H18ClN3O. The minimum Gasteiger partial charge on any atom is -0.339 e. The van der Waals surface area contributed by atoms with Crippen LogP contribution in [0.2, 0.25) is 0 Å². The summed E-state index contributed by atoms with van der Waals surface area (Å²) in [6.45, 7) is 0. The molecule has 90 valence electrons. The van der Waals surface area contributed by atoms with Crippen LogP contribution in [0.15, 0.2) is 4.52 Å². The van der Waals surface area contributed by atoms with Crippen molar-refractivity contribution in [3.8, 4) is 0 Å². The number of hydrogen-bond acceptors (Lipinski definition) is 4. The smallest absolute Gasteiger partial charge is 0.229 e. The van der Waals surface area contributed by atoms with Crippen molar-refractivity contribution < 1.29 is 4.52 Å². The van der Waals surface area contributed by atoms with E-state index in [-0.39, 0.29) is 17.9 Å². The zero-order valence-electron chi connectivity index (χ0n) is 9.32. The second-order valence-corrected chi connectivity index (χ2v) is 4.95. The maximum Gasteiger partial charge on any atom is 0.229 e. The van der Waals surface area contributed by atoms with Crippen LogP contribution in [0.5, 0.6) is 0 Å². The van der Waals surface area contributed by atoms with Crippen LogP contribution in [-0.2, 0) is 5.54 Å². The van der Waals surface area contributed by atoms with Crippen LogP contribution >= 0.6 is 12.4 Å². The molecule has 0 atom stereocenters. The molecule has 0 spiro atoms. The van der Waals surface area contributed by atoms with Gasteiger partial charge in [0.15, 0.2) is 5.82 Å². The first kappa shape index (κ1) is 11.9. The molecule has 2 saturated carbocycles. The molecule has 0 saturated heterocycles. The van der Waals surface area contributed by atoms with Crippen molar-refractivity contribution in [1.29, 1.82) is 0 Å². The van der Waals surface area contributed by atoms with Crippen LogP contribution in [0.3, 0.4) is 0 Å². The van der Waals surface area contributed by atoms with E-state index in [2.05, 4.69) is 10.1 Å². The highest BCUT2D eigenvalue weighted by atomic mass is 35.5. The van der Waals surface area contributed by atoms with Gasteiger partial charge in [0.25, 0.3) is 0 Å². The van der Waals surface area contributed by atoms with E-state index in [0.717, 1.165) is 24.6 Å². The molecule has 0 bridgehead atoms. The monoisotopic (exact) mass is 243 g/mol. The van der Waals surface area contributed by atoms with Crippen LogP contribution in [0.4, 0.5) is 0 Å². The van der Waals surface area contributed by atoms with E-state index in [0.29, 0.717) is 5.92 Å². The van der Waals surface area contributed by atoms with Crippen LogP contribution in [0, 0.1) is 0 Å². The second kappa shape index (κ2) is 4.34. The molecule has 0 amide bonds. The minimum atomic E-state index is -0.300. The summed E-state index contributed by atoms with van der Waals surface area (Å²) in [4.78, 5) is 4.48. The molecule has 1 aromatic rings. The van der Waals surface area contributed by atoms with Crippen molar-refractivity contribution >= 4 is 12.4 Å². The Morgan fingerprint density at radius 2 is 1.88 bits per heavy atom. The van der Waals surface area contributed by atoms with Gasteiger partial charge in [0.2, 0.25) is 5.89 Å². The van der Waals surface area contributed by atoms with Crippen LogP contribution in [-0.4, -0.2) is 10.1 Å². The Morgan fingerprint density at radius 1 is 1.19 bits per heavy atom. The molecular weight excluding hydrogens is 226 g/mol. The summed E-state index contributed by atoms with van der Waals surface area (Å²) in [6.07, 6.45) is 8.04. The van der Waals surface area contributed by atoms with Crippen molar-refractivity contribution in [2.45, 2.75) is 56.4 Å². The van der Waals surface area contributed by atoms with E-state index in [4.69, 9.17) is 10.3 Å². The van der Waals surface area contributed by atoms with E-state index < -0.39 is 0 Å².